The molecule has 18 heavy (non-hydrogen) atoms. The summed E-state index contributed by atoms with van der Waals surface area (Å²) in [6.45, 7) is 1.63. The molecular weight excluding hydrogens is 296 g/mol. The SMILES string of the molecule is CN(C)CC(=O)NCc1cc(Br)cc2c1OCC2. The van der Waals surface area contributed by atoms with Crippen LogP contribution in [0.25, 0.3) is 0 Å². The molecule has 2 rings (SSSR count). The van der Waals surface area contributed by atoms with E-state index in [0.29, 0.717) is 13.1 Å². The number of fused-ring (bicyclic) bond motifs is 1. The van der Waals surface area contributed by atoms with E-state index in [0.717, 1.165) is 28.8 Å². The molecule has 1 aromatic carbocycles. The average Bonchev–Trinajstić information content (AvgIpc) is 2.72. The van der Waals surface area contributed by atoms with Crippen molar-refractivity contribution in [3.05, 3.63) is 27.7 Å². The maximum absolute atomic E-state index is 11.6. The monoisotopic (exact) mass is 312 g/mol. The van der Waals surface area contributed by atoms with Crippen molar-refractivity contribution in [1.29, 1.82) is 0 Å². The molecule has 0 saturated heterocycles. The van der Waals surface area contributed by atoms with Gasteiger partial charge in [-0.1, -0.05) is 15.9 Å². The molecule has 98 valence electrons. The normalized spacial score (nSPS) is 13.3. The molecule has 1 N–H and O–H groups in total. The predicted molar refractivity (Wildman–Crippen MR) is 73.7 cm³/mol. The first kappa shape index (κ1) is 13.4. The fourth-order valence-electron chi connectivity index (χ4n) is 2.01. The van der Waals surface area contributed by atoms with Crippen LogP contribution in [-0.2, 0) is 17.8 Å². The number of carbonyl (C=O) groups is 1. The minimum Gasteiger partial charge on any atom is -0.493 e. The highest BCUT2D eigenvalue weighted by Crippen LogP contribution is 2.32. The van der Waals surface area contributed by atoms with Gasteiger partial charge >= 0.3 is 0 Å². The van der Waals surface area contributed by atoms with Gasteiger partial charge in [0.05, 0.1) is 13.2 Å². The van der Waals surface area contributed by atoms with Crippen LogP contribution in [0.1, 0.15) is 11.1 Å². The van der Waals surface area contributed by atoms with Crippen LogP contribution < -0.4 is 10.1 Å². The van der Waals surface area contributed by atoms with Crippen LogP contribution in [0.15, 0.2) is 16.6 Å². The topological polar surface area (TPSA) is 41.6 Å². The standard InChI is InChI=1S/C13H17BrN2O2/c1-16(2)8-12(17)15-7-10-6-11(14)5-9-3-4-18-13(9)10/h5-6H,3-4,7-8H2,1-2H3,(H,15,17). The van der Waals surface area contributed by atoms with E-state index in [1.807, 2.05) is 25.1 Å². The molecule has 0 spiro atoms. The summed E-state index contributed by atoms with van der Waals surface area (Å²) < 4.78 is 6.65. The fourth-order valence-corrected chi connectivity index (χ4v) is 2.57. The summed E-state index contributed by atoms with van der Waals surface area (Å²) in [7, 11) is 3.75. The summed E-state index contributed by atoms with van der Waals surface area (Å²) >= 11 is 3.49. The van der Waals surface area contributed by atoms with E-state index < -0.39 is 0 Å². The number of hydrogen-bond acceptors (Lipinski definition) is 3. The number of benzene rings is 1. The molecule has 0 bridgehead atoms. The highest BCUT2D eigenvalue weighted by molar-refractivity contribution is 9.10. The van der Waals surface area contributed by atoms with Crippen molar-refractivity contribution in [1.82, 2.24) is 10.2 Å². The smallest absolute Gasteiger partial charge is 0.234 e. The van der Waals surface area contributed by atoms with Gasteiger partial charge in [-0.3, -0.25) is 4.79 Å². The molecule has 5 heteroatoms. The first-order valence-electron chi connectivity index (χ1n) is 5.92. The molecule has 1 amide bonds. The fraction of sp³-hybridized carbons (Fsp3) is 0.462. The maximum Gasteiger partial charge on any atom is 0.234 e. The Morgan fingerprint density at radius 2 is 2.28 bits per heavy atom. The molecule has 0 radical (unpaired) electrons. The summed E-state index contributed by atoms with van der Waals surface area (Å²) in [6.07, 6.45) is 0.938. The zero-order chi connectivity index (χ0) is 13.1. The lowest BCUT2D eigenvalue weighted by Crippen LogP contribution is -2.32. The molecule has 0 atom stereocenters. The van der Waals surface area contributed by atoms with Gasteiger partial charge in [-0.2, -0.15) is 0 Å². The van der Waals surface area contributed by atoms with E-state index in [4.69, 9.17) is 4.74 Å². The van der Waals surface area contributed by atoms with Crippen LogP contribution in [0.2, 0.25) is 0 Å². The molecule has 0 unspecified atom stereocenters. The maximum atomic E-state index is 11.6. The van der Waals surface area contributed by atoms with Gasteiger partial charge in [-0.15, -0.1) is 0 Å². The highest BCUT2D eigenvalue weighted by Gasteiger charge is 2.17. The first-order chi connectivity index (χ1) is 8.56. The Morgan fingerprint density at radius 1 is 1.50 bits per heavy atom. The van der Waals surface area contributed by atoms with Crippen molar-refractivity contribution in [2.45, 2.75) is 13.0 Å². The van der Waals surface area contributed by atoms with Crippen molar-refractivity contribution < 1.29 is 9.53 Å². The number of nitrogens with one attached hydrogen (secondary N) is 1. The molecule has 0 aromatic heterocycles. The summed E-state index contributed by atoms with van der Waals surface area (Å²) in [5.74, 6) is 0.954. The van der Waals surface area contributed by atoms with Crippen molar-refractivity contribution in [3.8, 4) is 5.75 Å². The van der Waals surface area contributed by atoms with Crippen molar-refractivity contribution >= 4 is 21.8 Å². The van der Waals surface area contributed by atoms with E-state index in [1.54, 1.807) is 0 Å². The molecule has 0 saturated carbocycles. The number of likely N-dealkylation sites (N-methyl/N-ethyl adjacent to an activating group) is 1. The van der Waals surface area contributed by atoms with Gasteiger partial charge in [0.25, 0.3) is 0 Å². The lowest BCUT2D eigenvalue weighted by molar-refractivity contribution is -0.121. The highest BCUT2D eigenvalue weighted by atomic mass is 79.9. The number of ether oxygens (including phenoxy) is 1. The van der Waals surface area contributed by atoms with Crippen molar-refractivity contribution in [2.75, 3.05) is 27.2 Å². The summed E-state index contributed by atoms with van der Waals surface area (Å²) in [4.78, 5) is 13.5. The second kappa shape index (κ2) is 5.71. The molecule has 4 nitrogen and oxygen atoms in total. The van der Waals surface area contributed by atoms with Gasteiger partial charge in [0.1, 0.15) is 5.75 Å². The third-order valence-electron chi connectivity index (χ3n) is 2.76. The lowest BCUT2D eigenvalue weighted by Gasteiger charge is -2.12. The first-order valence-corrected chi connectivity index (χ1v) is 6.71. The van der Waals surface area contributed by atoms with Crippen LogP contribution in [0, 0.1) is 0 Å². The van der Waals surface area contributed by atoms with Gasteiger partial charge in [-0.05, 0) is 31.8 Å². The molecule has 0 fully saturated rings. The quantitative estimate of drug-likeness (QED) is 0.917. The Labute approximate surface area is 115 Å². The van der Waals surface area contributed by atoms with Gasteiger partial charge in [0, 0.05) is 23.0 Å². The second-order valence-electron chi connectivity index (χ2n) is 4.67. The molecule has 1 aliphatic rings. The zero-order valence-corrected chi connectivity index (χ0v) is 12.2. The zero-order valence-electron chi connectivity index (χ0n) is 10.6. The van der Waals surface area contributed by atoms with Gasteiger partial charge < -0.3 is 15.0 Å². The number of amides is 1. The third kappa shape index (κ3) is 3.23. The predicted octanol–water partition coefficient (Wildman–Crippen LogP) is 1.56. The number of hydrogen-bond donors (Lipinski definition) is 1. The summed E-state index contributed by atoms with van der Waals surface area (Å²) in [5.41, 5.74) is 2.24. The van der Waals surface area contributed by atoms with Gasteiger partial charge in [0.15, 0.2) is 0 Å². The Morgan fingerprint density at radius 3 is 3.00 bits per heavy atom. The summed E-state index contributed by atoms with van der Waals surface area (Å²) in [6, 6.07) is 4.08. The molecular formula is C13H17BrN2O2. The van der Waals surface area contributed by atoms with E-state index in [2.05, 4.69) is 27.3 Å². The lowest BCUT2D eigenvalue weighted by atomic mass is 10.1. The minimum absolute atomic E-state index is 0.0201. The molecule has 1 aliphatic heterocycles. The Balaban J connectivity index is 2.04. The van der Waals surface area contributed by atoms with Crippen molar-refractivity contribution in [2.24, 2.45) is 0 Å². The Hall–Kier alpha value is -1.07. The van der Waals surface area contributed by atoms with Crippen LogP contribution in [0.3, 0.4) is 0 Å². The van der Waals surface area contributed by atoms with E-state index in [9.17, 15) is 4.79 Å². The van der Waals surface area contributed by atoms with E-state index in [-0.39, 0.29) is 5.91 Å². The minimum atomic E-state index is 0.0201. The third-order valence-corrected chi connectivity index (χ3v) is 3.22. The Kier molecular flexibility index (Phi) is 4.24. The van der Waals surface area contributed by atoms with Crippen LogP contribution in [-0.4, -0.2) is 38.1 Å². The summed E-state index contributed by atoms with van der Waals surface area (Å²) in [5, 5.41) is 2.91. The number of carbonyl (C=O) groups excluding carboxylic acids is 1. The number of nitrogens with zero attached hydrogens (tertiary/aromatic N) is 1. The van der Waals surface area contributed by atoms with Gasteiger partial charge in [0.2, 0.25) is 5.91 Å². The largest absolute Gasteiger partial charge is 0.493 e. The van der Waals surface area contributed by atoms with Crippen molar-refractivity contribution in [3.63, 3.8) is 0 Å². The van der Waals surface area contributed by atoms with Crippen LogP contribution in [0.4, 0.5) is 0 Å². The van der Waals surface area contributed by atoms with Crippen LogP contribution in [0.5, 0.6) is 5.75 Å². The number of rotatable bonds is 4. The molecule has 1 aromatic rings. The van der Waals surface area contributed by atoms with Gasteiger partial charge in [-0.25, -0.2) is 0 Å². The van der Waals surface area contributed by atoms with E-state index >= 15 is 0 Å². The average molecular weight is 313 g/mol. The molecule has 1 heterocycles. The molecule has 0 aliphatic carbocycles. The second-order valence-corrected chi connectivity index (χ2v) is 5.58. The Bertz CT molecular complexity index is 461. The number of halogens is 1. The van der Waals surface area contributed by atoms with E-state index in [1.165, 1.54) is 5.56 Å². The van der Waals surface area contributed by atoms with Crippen LogP contribution >= 0.6 is 15.9 Å².